The molecule has 0 heteroatoms. The van der Waals surface area contributed by atoms with Gasteiger partial charge in [-0.25, -0.2) is 0 Å². The second-order valence-electron chi connectivity index (χ2n) is 4.05. The molecule has 0 aliphatic heterocycles. The third-order valence-electron chi connectivity index (χ3n) is 2.81. The minimum Gasteiger partial charge on any atom is -0.0810 e. The van der Waals surface area contributed by atoms with E-state index in [1.807, 2.05) is 0 Å². The van der Waals surface area contributed by atoms with Crippen LogP contribution in [0.2, 0.25) is 0 Å². The fraction of sp³-hybridized carbons (Fsp3) is 0.286. The van der Waals surface area contributed by atoms with Crippen LogP contribution in [0.4, 0.5) is 0 Å². The molecule has 0 saturated heterocycles. The Hall–Kier alpha value is -1.30. The third kappa shape index (κ3) is 1.79. The lowest BCUT2D eigenvalue weighted by atomic mass is 9.86. The van der Waals surface area contributed by atoms with Gasteiger partial charge in [0.2, 0.25) is 0 Å². The van der Waals surface area contributed by atoms with E-state index in [9.17, 15) is 0 Å². The molecule has 0 spiro atoms. The first-order valence-corrected chi connectivity index (χ1v) is 5.21. The maximum absolute atomic E-state index is 2.32. The van der Waals surface area contributed by atoms with E-state index in [4.69, 9.17) is 0 Å². The van der Waals surface area contributed by atoms with E-state index >= 15 is 0 Å². The Morgan fingerprint density at radius 1 is 1.14 bits per heavy atom. The SMILES string of the molecule is CC1=CCC(C)C(c2ccccc2)=C1. The lowest BCUT2D eigenvalue weighted by Gasteiger charge is -2.19. The molecule has 0 saturated carbocycles. The van der Waals surface area contributed by atoms with Gasteiger partial charge in [-0.05, 0) is 30.4 Å². The van der Waals surface area contributed by atoms with Gasteiger partial charge in [0.05, 0.1) is 0 Å². The van der Waals surface area contributed by atoms with E-state index in [1.54, 1.807) is 0 Å². The van der Waals surface area contributed by atoms with Crippen LogP contribution in [0.5, 0.6) is 0 Å². The maximum atomic E-state index is 2.32. The van der Waals surface area contributed by atoms with Gasteiger partial charge in [-0.15, -0.1) is 0 Å². The van der Waals surface area contributed by atoms with Crippen molar-refractivity contribution in [3.8, 4) is 0 Å². The molecular weight excluding hydrogens is 168 g/mol. The molecule has 0 heterocycles. The highest BCUT2D eigenvalue weighted by molar-refractivity contribution is 5.70. The van der Waals surface area contributed by atoms with Gasteiger partial charge in [0.15, 0.2) is 0 Å². The highest BCUT2D eigenvalue weighted by Crippen LogP contribution is 2.31. The quantitative estimate of drug-likeness (QED) is 0.617. The predicted molar refractivity (Wildman–Crippen MR) is 62.0 cm³/mol. The van der Waals surface area contributed by atoms with Crippen molar-refractivity contribution >= 4 is 5.57 Å². The Morgan fingerprint density at radius 3 is 2.57 bits per heavy atom. The van der Waals surface area contributed by atoms with Gasteiger partial charge < -0.3 is 0 Å². The van der Waals surface area contributed by atoms with Crippen LogP contribution in [0, 0.1) is 5.92 Å². The number of hydrogen-bond donors (Lipinski definition) is 0. The lowest BCUT2D eigenvalue weighted by Crippen LogP contribution is -2.02. The van der Waals surface area contributed by atoms with Gasteiger partial charge in [0.25, 0.3) is 0 Å². The van der Waals surface area contributed by atoms with E-state index in [0.717, 1.165) is 0 Å². The highest BCUT2D eigenvalue weighted by Gasteiger charge is 2.12. The summed E-state index contributed by atoms with van der Waals surface area (Å²) in [6.07, 6.45) is 5.80. The van der Waals surface area contributed by atoms with Crippen molar-refractivity contribution in [2.75, 3.05) is 0 Å². The fourth-order valence-corrected chi connectivity index (χ4v) is 1.93. The molecule has 1 aromatic carbocycles. The van der Waals surface area contributed by atoms with E-state index in [2.05, 4.69) is 56.3 Å². The summed E-state index contributed by atoms with van der Waals surface area (Å²) >= 11 is 0. The normalized spacial score (nSPS) is 21.4. The van der Waals surface area contributed by atoms with Crippen molar-refractivity contribution in [3.63, 3.8) is 0 Å². The second kappa shape index (κ2) is 3.83. The number of hydrogen-bond acceptors (Lipinski definition) is 0. The summed E-state index contributed by atoms with van der Waals surface area (Å²) in [5, 5.41) is 0. The van der Waals surface area contributed by atoms with E-state index in [1.165, 1.54) is 23.1 Å². The van der Waals surface area contributed by atoms with Crippen LogP contribution < -0.4 is 0 Å². The summed E-state index contributed by atoms with van der Waals surface area (Å²) in [6, 6.07) is 10.7. The van der Waals surface area contributed by atoms with Crippen LogP contribution in [-0.4, -0.2) is 0 Å². The Morgan fingerprint density at radius 2 is 1.86 bits per heavy atom. The summed E-state index contributed by atoms with van der Waals surface area (Å²) in [6.45, 7) is 4.47. The van der Waals surface area contributed by atoms with Crippen LogP contribution in [0.15, 0.2) is 48.1 Å². The molecule has 0 radical (unpaired) electrons. The second-order valence-corrected chi connectivity index (χ2v) is 4.05. The van der Waals surface area contributed by atoms with Crippen molar-refractivity contribution in [3.05, 3.63) is 53.6 Å². The zero-order chi connectivity index (χ0) is 9.97. The first kappa shape index (κ1) is 9.26. The summed E-state index contributed by atoms with van der Waals surface area (Å²) < 4.78 is 0. The monoisotopic (exact) mass is 184 g/mol. The number of rotatable bonds is 1. The average molecular weight is 184 g/mol. The van der Waals surface area contributed by atoms with Crippen molar-refractivity contribution in [1.82, 2.24) is 0 Å². The molecular formula is C14H16. The predicted octanol–water partition coefficient (Wildman–Crippen LogP) is 4.06. The fourth-order valence-electron chi connectivity index (χ4n) is 1.93. The third-order valence-corrected chi connectivity index (χ3v) is 2.81. The van der Waals surface area contributed by atoms with E-state index < -0.39 is 0 Å². The largest absolute Gasteiger partial charge is 0.0810 e. The summed E-state index contributed by atoms with van der Waals surface area (Å²) in [7, 11) is 0. The smallest absolute Gasteiger partial charge is 0.0150 e. The van der Waals surface area contributed by atoms with Crippen LogP contribution in [0.3, 0.4) is 0 Å². The molecule has 0 amide bonds. The van der Waals surface area contributed by atoms with Gasteiger partial charge >= 0.3 is 0 Å². The molecule has 0 aromatic heterocycles. The van der Waals surface area contributed by atoms with Crippen LogP contribution in [0.1, 0.15) is 25.8 Å². The van der Waals surface area contributed by atoms with Gasteiger partial charge in [-0.3, -0.25) is 0 Å². The maximum Gasteiger partial charge on any atom is -0.0150 e. The molecule has 1 aliphatic carbocycles. The van der Waals surface area contributed by atoms with Crippen molar-refractivity contribution in [2.45, 2.75) is 20.3 Å². The molecule has 14 heavy (non-hydrogen) atoms. The van der Waals surface area contributed by atoms with E-state index in [-0.39, 0.29) is 0 Å². The summed E-state index contributed by atoms with van der Waals surface area (Å²) in [4.78, 5) is 0. The van der Waals surface area contributed by atoms with Gasteiger partial charge in [-0.2, -0.15) is 0 Å². The van der Waals surface area contributed by atoms with Crippen LogP contribution in [-0.2, 0) is 0 Å². The molecule has 1 aromatic rings. The molecule has 0 N–H and O–H groups in total. The minimum absolute atomic E-state index is 0.654. The Balaban J connectivity index is 2.38. The van der Waals surface area contributed by atoms with Gasteiger partial charge in [0, 0.05) is 0 Å². The average Bonchev–Trinajstić information content (AvgIpc) is 2.23. The minimum atomic E-state index is 0.654. The molecule has 1 unspecified atom stereocenters. The Labute approximate surface area is 86.0 Å². The molecule has 1 atom stereocenters. The van der Waals surface area contributed by atoms with Crippen molar-refractivity contribution in [2.24, 2.45) is 5.92 Å². The molecule has 0 fully saturated rings. The van der Waals surface area contributed by atoms with Crippen LogP contribution >= 0.6 is 0 Å². The van der Waals surface area contributed by atoms with Crippen molar-refractivity contribution < 1.29 is 0 Å². The highest BCUT2D eigenvalue weighted by atomic mass is 14.2. The number of benzene rings is 1. The zero-order valence-electron chi connectivity index (χ0n) is 8.83. The summed E-state index contributed by atoms with van der Waals surface area (Å²) in [5.74, 6) is 0.654. The van der Waals surface area contributed by atoms with Gasteiger partial charge in [-0.1, -0.05) is 55.0 Å². The number of allylic oxidation sites excluding steroid dienone is 4. The van der Waals surface area contributed by atoms with Crippen molar-refractivity contribution in [1.29, 1.82) is 0 Å². The standard InChI is InChI=1S/C14H16/c1-11-8-9-12(2)14(10-11)13-6-4-3-5-7-13/h3-8,10,12H,9H2,1-2H3. The molecule has 0 nitrogen and oxygen atoms in total. The first-order chi connectivity index (χ1) is 6.77. The lowest BCUT2D eigenvalue weighted by molar-refractivity contribution is 0.753. The van der Waals surface area contributed by atoms with E-state index in [0.29, 0.717) is 5.92 Å². The van der Waals surface area contributed by atoms with Crippen LogP contribution in [0.25, 0.3) is 5.57 Å². The Kier molecular flexibility index (Phi) is 2.53. The molecule has 72 valence electrons. The van der Waals surface area contributed by atoms with Gasteiger partial charge in [0.1, 0.15) is 0 Å². The molecule has 0 bridgehead atoms. The first-order valence-electron chi connectivity index (χ1n) is 5.21. The summed E-state index contributed by atoms with van der Waals surface area (Å²) in [5.41, 5.74) is 4.24. The molecule has 2 rings (SSSR count). The Bertz CT molecular complexity index is 368. The zero-order valence-corrected chi connectivity index (χ0v) is 8.83. The topological polar surface area (TPSA) is 0 Å². The molecule has 1 aliphatic rings.